The number of sulfonamides is 1. The largest absolute Gasteiger partial charge is 0.336 e. The van der Waals surface area contributed by atoms with E-state index in [2.05, 4.69) is 10.1 Å². The van der Waals surface area contributed by atoms with Crippen LogP contribution in [0.3, 0.4) is 0 Å². The molecule has 4 aromatic rings. The van der Waals surface area contributed by atoms with Crippen molar-refractivity contribution in [1.82, 2.24) is 24.0 Å². The first-order chi connectivity index (χ1) is 17.5. The highest BCUT2D eigenvalue weighted by molar-refractivity contribution is 7.92. The number of para-hydroxylation sites is 1. The van der Waals surface area contributed by atoms with Crippen molar-refractivity contribution in [3.8, 4) is 16.9 Å². The van der Waals surface area contributed by atoms with E-state index in [1.165, 1.54) is 9.71 Å². The van der Waals surface area contributed by atoms with E-state index in [9.17, 15) is 13.2 Å². The maximum atomic E-state index is 13.6. The van der Waals surface area contributed by atoms with Crippen LogP contribution in [0, 0.1) is 0 Å². The predicted octanol–water partition coefficient (Wildman–Crippen LogP) is 3.69. The first-order valence-corrected chi connectivity index (χ1v) is 13.1. The van der Waals surface area contributed by atoms with Crippen molar-refractivity contribution < 1.29 is 13.2 Å². The highest BCUT2D eigenvalue weighted by Gasteiger charge is 2.30. The molecule has 0 saturated carbocycles. The van der Waals surface area contributed by atoms with Gasteiger partial charge in [-0.2, -0.15) is 9.40 Å². The predicted molar refractivity (Wildman–Crippen MR) is 139 cm³/mol. The van der Waals surface area contributed by atoms with Crippen LogP contribution in [0.25, 0.3) is 23.0 Å². The molecule has 3 heterocycles. The molecule has 1 aliphatic rings. The van der Waals surface area contributed by atoms with Crippen LogP contribution in [0.1, 0.15) is 15.9 Å². The quantitative estimate of drug-likeness (QED) is 0.404. The average molecular weight is 500 g/mol. The fraction of sp³-hybridized carbons (Fsp3) is 0.148. The van der Waals surface area contributed by atoms with Gasteiger partial charge in [0.1, 0.15) is 5.69 Å². The van der Waals surface area contributed by atoms with Crippen LogP contribution in [0.2, 0.25) is 0 Å². The number of benzene rings is 2. The number of rotatable bonds is 6. The number of nitrogens with zero attached hydrogens (tertiary/aromatic N) is 5. The van der Waals surface area contributed by atoms with Gasteiger partial charge >= 0.3 is 0 Å². The first kappa shape index (κ1) is 23.7. The number of pyridine rings is 1. The van der Waals surface area contributed by atoms with Gasteiger partial charge < -0.3 is 4.90 Å². The molecular weight excluding hydrogens is 474 g/mol. The second-order valence-electron chi connectivity index (χ2n) is 8.36. The Balaban J connectivity index is 1.35. The Morgan fingerprint density at radius 2 is 1.56 bits per heavy atom. The summed E-state index contributed by atoms with van der Waals surface area (Å²) in [5.74, 6) is -0.187. The molecule has 5 rings (SSSR count). The number of carbonyl (C=O) groups excluding carboxylic acids is 1. The Hall–Kier alpha value is -4.08. The zero-order valence-electron chi connectivity index (χ0n) is 19.5. The van der Waals surface area contributed by atoms with Crippen LogP contribution in [0.5, 0.6) is 0 Å². The minimum atomic E-state index is -3.59. The van der Waals surface area contributed by atoms with Gasteiger partial charge in [0, 0.05) is 55.7 Å². The van der Waals surface area contributed by atoms with Gasteiger partial charge in [0.15, 0.2) is 0 Å². The highest BCUT2D eigenvalue weighted by atomic mass is 32.2. The van der Waals surface area contributed by atoms with Gasteiger partial charge in [0.05, 0.1) is 11.3 Å². The fourth-order valence-corrected chi connectivity index (χ4v) is 5.26. The van der Waals surface area contributed by atoms with E-state index in [4.69, 9.17) is 0 Å². The zero-order chi connectivity index (χ0) is 25.0. The molecule has 0 bridgehead atoms. The summed E-state index contributed by atoms with van der Waals surface area (Å²) in [5.41, 5.74) is 3.38. The van der Waals surface area contributed by atoms with Crippen molar-refractivity contribution in [2.75, 3.05) is 26.2 Å². The van der Waals surface area contributed by atoms with Crippen molar-refractivity contribution in [2.45, 2.75) is 0 Å². The molecule has 0 atom stereocenters. The lowest BCUT2D eigenvalue weighted by Gasteiger charge is -2.33. The standard InChI is InChI=1S/C27H25N5O3S/c33-27(30-15-17-31(18-16-30)36(34,35)19-13-22-8-3-1-4-9-22)25-21-32(24-11-5-2-6-12-24)29-26(25)23-10-7-14-28-20-23/h1-14,19-21H,15-18H2. The van der Waals surface area contributed by atoms with E-state index in [1.807, 2.05) is 66.7 Å². The zero-order valence-corrected chi connectivity index (χ0v) is 20.3. The van der Waals surface area contributed by atoms with Crippen LogP contribution in [-0.4, -0.2) is 64.5 Å². The topological polar surface area (TPSA) is 88.4 Å². The lowest BCUT2D eigenvalue weighted by molar-refractivity contribution is 0.0699. The Kier molecular flexibility index (Phi) is 6.75. The minimum absolute atomic E-state index is 0.187. The Morgan fingerprint density at radius 3 is 2.22 bits per heavy atom. The summed E-state index contributed by atoms with van der Waals surface area (Å²) in [6.45, 7) is 1.03. The second-order valence-corrected chi connectivity index (χ2v) is 10.2. The van der Waals surface area contributed by atoms with E-state index in [1.54, 1.807) is 40.3 Å². The van der Waals surface area contributed by atoms with Crippen LogP contribution in [-0.2, 0) is 10.0 Å². The van der Waals surface area contributed by atoms with Gasteiger partial charge in [-0.3, -0.25) is 9.78 Å². The molecule has 0 radical (unpaired) electrons. The lowest BCUT2D eigenvalue weighted by Crippen LogP contribution is -2.50. The summed E-state index contributed by atoms with van der Waals surface area (Å²) in [6, 6.07) is 22.5. The molecular formula is C27H25N5O3S. The minimum Gasteiger partial charge on any atom is -0.336 e. The summed E-state index contributed by atoms with van der Waals surface area (Å²) < 4.78 is 28.7. The molecule has 1 amide bonds. The summed E-state index contributed by atoms with van der Waals surface area (Å²) >= 11 is 0. The summed E-state index contributed by atoms with van der Waals surface area (Å²) in [4.78, 5) is 19.4. The number of hydrogen-bond donors (Lipinski definition) is 0. The van der Waals surface area contributed by atoms with E-state index in [0.717, 1.165) is 16.8 Å². The van der Waals surface area contributed by atoms with E-state index in [0.29, 0.717) is 24.3 Å². The summed E-state index contributed by atoms with van der Waals surface area (Å²) in [7, 11) is -3.59. The van der Waals surface area contributed by atoms with E-state index >= 15 is 0 Å². The molecule has 0 unspecified atom stereocenters. The molecule has 8 nitrogen and oxygen atoms in total. The second kappa shape index (κ2) is 10.3. The molecule has 182 valence electrons. The van der Waals surface area contributed by atoms with Gasteiger partial charge in [-0.15, -0.1) is 0 Å². The molecule has 0 spiro atoms. The first-order valence-electron chi connectivity index (χ1n) is 11.6. The molecule has 1 fully saturated rings. The highest BCUT2D eigenvalue weighted by Crippen LogP contribution is 2.25. The lowest BCUT2D eigenvalue weighted by atomic mass is 10.1. The van der Waals surface area contributed by atoms with Gasteiger partial charge in [0.2, 0.25) is 10.0 Å². The summed E-state index contributed by atoms with van der Waals surface area (Å²) in [6.07, 6.45) is 6.67. The van der Waals surface area contributed by atoms with Crippen LogP contribution in [0.15, 0.2) is 96.8 Å². The van der Waals surface area contributed by atoms with Crippen LogP contribution >= 0.6 is 0 Å². The van der Waals surface area contributed by atoms with E-state index < -0.39 is 10.0 Å². The average Bonchev–Trinajstić information content (AvgIpc) is 3.39. The van der Waals surface area contributed by atoms with Crippen molar-refractivity contribution in [3.05, 3.63) is 108 Å². The molecule has 0 aliphatic carbocycles. The van der Waals surface area contributed by atoms with Gasteiger partial charge in [-0.1, -0.05) is 48.5 Å². The molecule has 1 aliphatic heterocycles. The third-order valence-electron chi connectivity index (χ3n) is 6.02. The Labute approximate surface area is 210 Å². The number of amides is 1. The van der Waals surface area contributed by atoms with Crippen LogP contribution in [0.4, 0.5) is 0 Å². The van der Waals surface area contributed by atoms with Crippen molar-refractivity contribution in [3.63, 3.8) is 0 Å². The molecule has 36 heavy (non-hydrogen) atoms. The third-order valence-corrected chi connectivity index (χ3v) is 7.58. The van der Waals surface area contributed by atoms with Gasteiger partial charge in [0.25, 0.3) is 5.91 Å². The number of piperazine rings is 1. The number of carbonyl (C=O) groups is 1. The molecule has 1 saturated heterocycles. The van der Waals surface area contributed by atoms with Crippen molar-refractivity contribution in [1.29, 1.82) is 0 Å². The molecule has 0 N–H and O–H groups in total. The maximum Gasteiger partial charge on any atom is 0.257 e. The summed E-state index contributed by atoms with van der Waals surface area (Å²) in [5, 5.41) is 5.91. The van der Waals surface area contributed by atoms with Crippen LogP contribution < -0.4 is 0 Å². The Morgan fingerprint density at radius 1 is 0.861 bits per heavy atom. The Bertz CT molecular complexity index is 1460. The third kappa shape index (κ3) is 5.12. The number of hydrogen-bond acceptors (Lipinski definition) is 5. The molecule has 2 aromatic carbocycles. The fourth-order valence-electron chi connectivity index (χ4n) is 4.09. The molecule has 2 aromatic heterocycles. The maximum absolute atomic E-state index is 13.6. The smallest absolute Gasteiger partial charge is 0.257 e. The number of aromatic nitrogens is 3. The van der Waals surface area contributed by atoms with Gasteiger partial charge in [-0.25, -0.2) is 13.1 Å². The monoisotopic (exact) mass is 499 g/mol. The van der Waals surface area contributed by atoms with Crippen molar-refractivity contribution >= 4 is 22.0 Å². The van der Waals surface area contributed by atoms with Gasteiger partial charge in [-0.05, 0) is 35.9 Å². The van der Waals surface area contributed by atoms with E-state index in [-0.39, 0.29) is 19.0 Å². The normalized spacial score (nSPS) is 14.8. The van der Waals surface area contributed by atoms with Crippen molar-refractivity contribution in [2.24, 2.45) is 0 Å². The SMILES string of the molecule is O=C(c1cn(-c2ccccc2)nc1-c1cccnc1)N1CCN(S(=O)(=O)C=Cc2ccccc2)CC1. The molecule has 9 heteroatoms.